The Morgan fingerprint density at radius 1 is 1.18 bits per heavy atom. The summed E-state index contributed by atoms with van der Waals surface area (Å²) in [6.07, 6.45) is 4.82. The molecule has 2 aromatic carbocycles. The van der Waals surface area contributed by atoms with Gasteiger partial charge in [0.2, 0.25) is 0 Å². The van der Waals surface area contributed by atoms with Crippen molar-refractivity contribution in [1.29, 1.82) is 0 Å². The molecule has 2 aliphatic heterocycles. The van der Waals surface area contributed by atoms with Crippen LogP contribution in [0.5, 0.6) is 11.5 Å². The Morgan fingerprint density at radius 2 is 1.95 bits per heavy atom. The van der Waals surface area contributed by atoms with Gasteiger partial charge in [0.05, 0.1) is 17.1 Å². The third-order valence-electron chi connectivity index (χ3n) is 9.71. The predicted molar refractivity (Wildman–Crippen MR) is 147 cm³/mol. The maximum absolute atomic E-state index is 13.3. The number of likely N-dealkylation sites (tertiary alicyclic amines) is 1. The van der Waals surface area contributed by atoms with Crippen LogP contribution in [0.3, 0.4) is 0 Å². The smallest absolute Gasteiger partial charge is 0.298 e. The summed E-state index contributed by atoms with van der Waals surface area (Å²) in [4.78, 5) is 17.5. The minimum Gasteiger partial charge on any atom is -0.504 e. The van der Waals surface area contributed by atoms with Crippen LogP contribution >= 0.6 is 24.0 Å². The number of aromatic hydroxyl groups is 1. The summed E-state index contributed by atoms with van der Waals surface area (Å²) in [5.41, 5.74) is 1.23. The molecule has 1 spiro atoms. The molecule has 0 aromatic heterocycles. The average Bonchev–Trinajstić information content (AvgIpc) is 3.63. The van der Waals surface area contributed by atoms with Crippen LogP contribution in [0.1, 0.15) is 48.8 Å². The average molecular weight is 556 g/mol. The standard InChI is InChI=1S/C30H31ClN2O4.ClH/c1-32(25(35)11-6-18-4-8-21(31)9-5-18)22-12-13-30(36)24-16-20-7-10-23(34)27-26(20)29(30,28(22)37-27)14-15-33(24)17-19-2-3-19;/h4-5,7-10,19,22,24,28,34,36H,2-3,12-17H2,1H3;1H/t22-,24-,28+,29+,30-;/m1./s1. The quantitative estimate of drug-likeness (QED) is 0.563. The first kappa shape index (κ1) is 25.8. The van der Waals surface area contributed by atoms with Crippen molar-refractivity contribution in [2.75, 3.05) is 20.1 Å². The van der Waals surface area contributed by atoms with Gasteiger partial charge in [-0.3, -0.25) is 9.69 Å². The Bertz CT molecular complexity index is 1350. The fraction of sp³-hybridized carbons (Fsp3) is 0.500. The van der Waals surface area contributed by atoms with E-state index < -0.39 is 17.1 Å². The highest BCUT2D eigenvalue weighted by Crippen LogP contribution is 2.66. The second kappa shape index (κ2) is 9.06. The van der Waals surface area contributed by atoms with Gasteiger partial charge < -0.3 is 19.8 Å². The van der Waals surface area contributed by atoms with E-state index in [1.807, 2.05) is 6.07 Å². The molecule has 2 heterocycles. The van der Waals surface area contributed by atoms with Gasteiger partial charge in [0.15, 0.2) is 11.5 Å². The van der Waals surface area contributed by atoms with Crippen LogP contribution < -0.4 is 4.74 Å². The zero-order chi connectivity index (χ0) is 25.5. The lowest BCUT2D eigenvalue weighted by Gasteiger charge is -2.64. The second-order valence-corrected chi connectivity index (χ2v) is 12.0. The molecule has 0 unspecified atom stereocenters. The number of piperidine rings is 1. The summed E-state index contributed by atoms with van der Waals surface area (Å²) < 4.78 is 6.58. The van der Waals surface area contributed by atoms with Gasteiger partial charge in [-0.1, -0.05) is 23.6 Å². The van der Waals surface area contributed by atoms with Crippen molar-refractivity contribution in [3.8, 4) is 23.3 Å². The maximum atomic E-state index is 13.3. The molecule has 1 amide bonds. The highest BCUT2D eigenvalue weighted by Gasteiger charge is 2.73. The van der Waals surface area contributed by atoms with Crippen LogP contribution in [-0.2, 0) is 16.6 Å². The second-order valence-electron chi connectivity index (χ2n) is 11.6. The van der Waals surface area contributed by atoms with Crippen molar-refractivity contribution in [2.45, 2.75) is 67.7 Å². The highest BCUT2D eigenvalue weighted by atomic mass is 35.5. The largest absolute Gasteiger partial charge is 0.504 e. The van der Waals surface area contributed by atoms with E-state index >= 15 is 0 Å². The molecule has 2 N–H and O–H groups in total. The number of hydrogen-bond donors (Lipinski definition) is 2. The molecular weight excluding hydrogens is 523 g/mol. The van der Waals surface area contributed by atoms with E-state index in [2.05, 4.69) is 16.7 Å². The van der Waals surface area contributed by atoms with E-state index in [4.69, 9.17) is 16.3 Å². The number of aliphatic hydroxyl groups is 1. The first-order valence-electron chi connectivity index (χ1n) is 13.3. The van der Waals surface area contributed by atoms with Gasteiger partial charge in [-0.05, 0) is 86.9 Å². The number of nitrogens with zero attached hydrogens (tertiary/aromatic N) is 2. The van der Waals surface area contributed by atoms with Crippen molar-refractivity contribution in [3.63, 3.8) is 0 Å². The number of carbonyl (C=O) groups excluding carboxylic acids is 1. The molecule has 1 saturated heterocycles. The van der Waals surface area contributed by atoms with Crippen molar-refractivity contribution in [3.05, 3.63) is 58.1 Å². The summed E-state index contributed by atoms with van der Waals surface area (Å²) in [5.74, 6) is 6.79. The minimum absolute atomic E-state index is 0. The van der Waals surface area contributed by atoms with Gasteiger partial charge in [-0.15, -0.1) is 12.4 Å². The summed E-state index contributed by atoms with van der Waals surface area (Å²) >= 11 is 5.97. The lowest BCUT2D eigenvalue weighted by Crippen LogP contribution is -2.78. The molecule has 5 aliphatic rings. The molecule has 6 nitrogen and oxygen atoms in total. The summed E-state index contributed by atoms with van der Waals surface area (Å²) in [6, 6.07) is 10.6. The van der Waals surface area contributed by atoms with Crippen LogP contribution in [0.25, 0.3) is 0 Å². The Hall–Kier alpha value is -2.43. The van der Waals surface area contributed by atoms with Crippen molar-refractivity contribution < 1.29 is 19.7 Å². The van der Waals surface area contributed by atoms with Crippen LogP contribution in [0, 0.1) is 17.8 Å². The van der Waals surface area contributed by atoms with Gasteiger partial charge in [-0.25, -0.2) is 0 Å². The van der Waals surface area contributed by atoms with E-state index in [-0.39, 0.29) is 36.1 Å². The fourth-order valence-electron chi connectivity index (χ4n) is 7.75. The summed E-state index contributed by atoms with van der Waals surface area (Å²) in [7, 11) is 1.78. The Morgan fingerprint density at radius 3 is 2.68 bits per heavy atom. The molecule has 8 heteroatoms. The van der Waals surface area contributed by atoms with E-state index in [0.29, 0.717) is 23.6 Å². The molecule has 2 aromatic rings. The Labute approximate surface area is 234 Å². The maximum Gasteiger partial charge on any atom is 0.298 e. The number of carbonyl (C=O) groups is 1. The summed E-state index contributed by atoms with van der Waals surface area (Å²) in [5, 5.41) is 24.0. The first-order chi connectivity index (χ1) is 17.8. The lowest BCUT2D eigenvalue weighted by atomic mass is 9.48. The Kier molecular flexibility index (Phi) is 6.16. The van der Waals surface area contributed by atoms with Crippen LogP contribution in [-0.4, -0.2) is 69.8 Å². The first-order valence-corrected chi connectivity index (χ1v) is 13.7. The fourth-order valence-corrected chi connectivity index (χ4v) is 7.88. The number of phenolic OH excluding ortho intramolecular Hbond substituents is 1. The molecular formula is C30H32Cl2N2O4. The monoisotopic (exact) mass is 554 g/mol. The Balaban J connectivity index is 0.00000264. The third-order valence-corrected chi connectivity index (χ3v) is 9.96. The number of amides is 1. The molecule has 38 heavy (non-hydrogen) atoms. The highest BCUT2D eigenvalue weighted by molar-refractivity contribution is 6.30. The molecule has 3 fully saturated rings. The number of rotatable bonds is 3. The van der Waals surface area contributed by atoms with Crippen LogP contribution in [0.2, 0.25) is 5.02 Å². The third kappa shape index (κ3) is 3.59. The predicted octanol–water partition coefficient (Wildman–Crippen LogP) is 3.91. The van der Waals surface area contributed by atoms with Gasteiger partial charge in [0.25, 0.3) is 5.91 Å². The van der Waals surface area contributed by atoms with Crippen LogP contribution in [0.4, 0.5) is 0 Å². The molecule has 200 valence electrons. The van der Waals surface area contributed by atoms with Gasteiger partial charge >= 0.3 is 0 Å². The zero-order valence-corrected chi connectivity index (χ0v) is 22.9. The lowest BCUT2D eigenvalue weighted by molar-refractivity contribution is -0.199. The number of benzene rings is 2. The van der Waals surface area contributed by atoms with Gasteiger partial charge in [-0.2, -0.15) is 0 Å². The number of phenols is 1. The molecule has 0 radical (unpaired) electrons. The molecule has 2 bridgehead atoms. The molecule has 7 rings (SSSR count). The molecule has 5 atom stereocenters. The zero-order valence-electron chi connectivity index (χ0n) is 21.3. The van der Waals surface area contributed by atoms with Crippen molar-refractivity contribution in [2.24, 2.45) is 5.92 Å². The number of halogens is 2. The van der Waals surface area contributed by atoms with Gasteiger partial charge in [0, 0.05) is 41.7 Å². The number of hydrogen-bond acceptors (Lipinski definition) is 5. The van der Waals surface area contributed by atoms with Crippen molar-refractivity contribution >= 4 is 29.9 Å². The van der Waals surface area contributed by atoms with Gasteiger partial charge in [0.1, 0.15) is 6.10 Å². The normalized spacial score (nSPS) is 32.2. The van der Waals surface area contributed by atoms with Crippen LogP contribution in [0.15, 0.2) is 36.4 Å². The van der Waals surface area contributed by atoms with E-state index in [1.54, 1.807) is 42.3 Å². The van der Waals surface area contributed by atoms with Crippen molar-refractivity contribution in [1.82, 2.24) is 9.80 Å². The topological polar surface area (TPSA) is 73.2 Å². The molecule has 3 aliphatic carbocycles. The van der Waals surface area contributed by atoms with E-state index in [1.165, 1.54) is 12.8 Å². The van der Waals surface area contributed by atoms with E-state index in [9.17, 15) is 15.0 Å². The molecule has 2 saturated carbocycles. The number of ether oxygens (including phenoxy) is 1. The summed E-state index contributed by atoms with van der Waals surface area (Å²) in [6.45, 7) is 1.93. The van der Waals surface area contributed by atoms with E-state index in [0.717, 1.165) is 48.5 Å². The SMILES string of the molecule is CN(C(=O)C#Cc1ccc(Cl)cc1)[C@@H]1CC[C@@]2(O)[C@H]3Cc4ccc(O)c5c4[C@@]2(CCN3CC2CC2)[C@H]1O5.Cl. The number of likely N-dealkylation sites (N-methyl/N-ethyl adjacent to an activating group) is 1. The minimum atomic E-state index is -0.966.